The Morgan fingerprint density at radius 2 is 2.00 bits per heavy atom. The number of nitrogens with zero attached hydrogens (tertiary/aromatic N) is 4. The van der Waals surface area contributed by atoms with Gasteiger partial charge in [-0.1, -0.05) is 35.0 Å². The minimum Gasteiger partial charge on any atom is -0.394 e. The predicted molar refractivity (Wildman–Crippen MR) is 100 cm³/mol. The number of aliphatic hydroxyl groups excluding tert-OH is 1. The first-order chi connectivity index (χ1) is 11.9. The zero-order valence-electron chi connectivity index (χ0n) is 13.3. The molecule has 10 heteroatoms. The number of aliphatic hydroxyl groups is 1. The Morgan fingerprint density at radius 1 is 1.28 bits per heavy atom. The molecule has 1 aliphatic rings. The summed E-state index contributed by atoms with van der Waals surface area (Å²) in [6, 6.07) is 1.74. The maximum Gasteiger partial charge on any atom is 0.158 e. The Kier molecular flexibility index (Phi) is 5.55. The van der Waals surface area contributed by atoms with Crippen LogP contribution >= 0.6 is 35.0 Å². The van der Waals surface area contributed by atoms with Crippen LogP contribution in [0.1, 0.15) is 12.8 Å². The van der Waals surface area contributed by atoms with E-state index in [0.29, 0.717) is 52.5 Å². The summed E-state index contributed by atoms with van der Waals surface area (Å²) >= 11 is 13.4. The van der Waals surface area contributed by atoms with Crippen LogP contribution < -0.4 is 16.4 Å². The molecule has 0 aliphatic carbocycles. The molecule has 1 fully saturated rings. The number of anilines is 2. The number of nitrogen functional groups attached to an aromatic ring is 1. The highest BCUT2D eigenvalue weighted by atomic mass is 35.5. The van der Waals surface area contributed by atoms with E-state index in [2.05, 4.69) is 19.9 Å². The Balaban J connectivity index is 1.74. The van der Waals surface area contributed by atoms with Crippen molar-refractivity contribution < 1.29 is 5.11 Å². The summed E-state index contributed by atoms with van der Waals surface area (Å²) in [5.41, 5.74) is 11.7. The molecule has 0 unspecified atom stereocenters. The van der Waals surface area contributed by atoms with Gasteiger partial charge in [0, 0.05) is 29.7 Å². The number of hydrogen-bond acceptors (Lipinski definition) is 8. The average Bonchev–Trinajstić information content (AvgIpc) is 2.61. The van der Waals surface area contributed by atoms with Gasteiger partial charge in [-0.05, 0) is 18.9 Å². The third kappa shape index (κ3) is 4.09. The van der Waals surface area contributed by atoms with E-state index in [4.69, 9.17) is 34.7 Å². The fraction of sp³-hybridized carbons (Fsp3) is 0.400. The molecule has 25 heavy (non-hydrogen) atoms. The molecule has 3 heterocycles. The van der Waals surface area contributed by atoms with Crippen LogP contribution in [-0.4, -0.2) is 45.3 Å². The van der Waals surface area contributed by atoms with E-state index in [1.165, 1.54) is 11.8 Å². The van der Waals surface area contributed by atoms with Gasteiger partial charge in [0.15, 0.2) is 5.82 Å². The monoisotopic (exact) mass is 400 g/mol. The molecule has 3 rings (SSSR count). The first kappa shape index (κ1) is 18.5. The van der Waals surface area contributed by atoms with Crippen molar-refractivity contribution in [2.75, 3.05) is 30.3 Å². The zero-order chi connectivity index (χ0) is 18.0. The molecule has 0 aromatic carbocycles. The van der Waals surface area contributed by atoms with Crippen molar-refractivity contribution in [1.82, 2.24) is 15.0 Å². The van der Waals surface area contributed by atoms with Gasteiger partial charge in [0.2, 0.25) is 0 Å². The van der Waals surface area contributed by atoms with E-state index in [-0.39, 0.29) is 11.8 Å². The molecule has 0 spiro atoms. The van der Waals surface area contributed by atoms with Crippen LogP contribution in [0.15, 0.2) is 28.4 Å². The molecule has 2 aromatic heterocycles. The lowest BCUT2D eigenvalue weighted by molar-refractivity contribution is 0.170. The molecule has 7 nitrogen and oxygen atoms in total. The van der Waals surface area contributed by atoms with Gasteiger partial charge < -0.3 is 21.5 Å². The smallest absolute Gasteiger partial charge is 0.158 e. The van der Waals surface area contributed by atoms with Crippen LogP contribution in [0.3, 0.4) is 0 Å². The second-order valence-electron chi connectivity index (χ2n) is 5.94. The minimum atomic E-state index is -0.511. The lowest BCUT2D eigenvalue weighted by Crippen LogP contribution is -2.53. The van der Waals surface area contributed by atoms with Gasteiger partial charge in [0.05, 0.1) is 17.8 Å². The Morgan fingerprint density at radius 3 is 2.64 bits per heavy atom. The van der Waals surface area contributed by atoms with Crippen molar-refractivity contribution >= 4 is 46.6 Å². The standard InChI is InChI=1S/C15H18Cl2N6OS/c16-11-9(1-4-20-12(11)17)25-14-13(18)22-10(7-21-14)23-5-2-15(19,8-24)3-6-23/h1,4,7,24H,2-3,5-6,8,19H2,(H2,18,22). The SMILES string of the molecule is Nc1nc(N2CCC(N)(CO)CC2)cnc1Sc1ccnc(Cl)c1Cl. The topological polar surface area (TPSA) is 114 Å². The fourth-order valence-corrected chi connectivity index (χ4v) is 3.76. The van der Waals surface area contributed by atoms with Crippen LogP contribution in [-0.2, 0) is 0 Å². The van der Waals surface area contributed by atoms with Crippen molar-refractivity contribution in [1.29, 1.82) is 0 Å². The van der Waals surface area contributed by atoms with Crippen molar-refractivity contribution in [3.05, 3.63) is 28.6 Å². The number of aromatic nitrogens is 3. The molecule has 1 aliphatic heterocycles. The summed E-state index contributed by atoms with van der Waals surface area (Å²) in [5, 5.41) is 10.5. The highest BCUT2D eigenvalue weighted by Gasteiger charge is 2.30. The Labute approximate surface area is 159 Å². The Hall–Kier alpha value is -1.32. The van der Waals surface area contributed by atoms with Gasteiger partial charge in [-0.15, -0.1) is 0 Å². The number of hydrogen-bond donors (Lipinski definition) is 3. The molecule has 0 radical (unpaired) electrons. The van der Waals surface area contributed by atoms with Crippen LogP contribution in [0.25, 0.3) is 0 Å². The van der Waals surface area contributed by atoms with E-state index >= 15 is 0 Å². The molecule has 0 saturated carbocycles. The minimum absolute atomic E-state index is 0.0144. The van der Waals surface area contributed by atoms with Gasteiger partial charge in [-0.3, -0.25) is 0 Å². The van der Waals surface area contributed by atoms with Gasteiger partial charge in [-0.2, -0.15) is 0 Å². The summed E-state index contributed by atoms with van der Waals surface area (Å²) in [5.74, 6) is 1.01. The quantitative estimate of drug-likeness (QED) is 0.668. The van der Waals surface area contributed by atoms with Crippen LogP contribution in [0.5, 0.6) is 0 Å². The highest BCUT2D eigenvalue weighted by Crippen LogP contribution is 2.37. The molecule has 2 aromatic rings. The van der Waals surface area contributed by atoms with Crippen LogP contribution in [0.2, 0.25) is 10.2 Å². The summed E-state index contributed by atoms with van der Waals surface area (Å²) in [6.45, 7) is 1.38. The second-order valence-corrected chi connectivity index (χ2v) is 7.71. The first-order valence-electron chi connectivity index (χ1n) is 7.67. The normalized spacial score (nSPS) is 16.9. The lowest BCUT2D eigenvalue weighted by Gasteiger charge is -2.38. The molecule has 0 atom stereocenters. The number of halogens is 2. The van der Waals surface area contributed by atoms with Crippen molar-refractivity contribution in [3.8, 4) is 0 Å². The second kappa shape index (κ2) is 7.51. The van der Waals surface area contributed by atoms with Gasteiger partial charge >= 0.3 is 0 Å². The molecular formula is C15H18Cl2N6OS. The maximum atomic E-state index is 9.35. The number of piperidine rings is 1. The lowest BCUT2D eigenvalue weighted by atomic mass is 9.90. The predicted octanol–water partition coefficient (Wildman–Crippen LogP) is 2.20. The van der Waals surface area contributed by atoms with E-state index in [1.807, 2.05) is 0 Å². The average molecular weight is 401 g/mol. The van der Waals surface area contributed by atoms with Crippen molar-refractivity contribution in [3.63, 3.8) is 0 Å². The first-order valence-corrected chi connectivity index (χ1v) is 9.24. The zero-order valence-corrected chi connectivity index (χ0v) is 15.7. The highest BCUT2D eigenvalue weighted by molar-refractivity contribution is 7.99. The number of pyridine rings is 1. The van der Waals surface area contributed by atoms with E-state index in [9.17, 15) is 5.11 Å². The summed E-state index contributed by atoms with van der Waals surface area (Å²) in [6.07, 6.45) is 4.62. The van der Waals surface area contributed by atoms with Gasteiger partial charge in [-0.25, -0.2) is 15.0 Å². The van der Waals surface area contributed by atoms with Gasteiger partial charge in [0.1, 0.15) is 16.0 Å². The van der Waals surface area contributed by atoms with E-state index in [0.717, 1.165) is 0 Å². The van der Waals surface area contributed by atoms with Gasteiger partial charge in [0.25, 0.3) is 0 Å². The Bertz CT molecular complexity index is 770. The third-order valence-corrected chi connectivity index (χ3v) is 6.11. The van der Waals surface area contributed by atoms with Crippen LogP contribution in [0, 0.1) is 0 Å². The van der Waals surface area contributed by atoms with Crippen LogP contribution in [0.4, 0.5) is 11.6 Å². The van der Waals surface area contributed by atoms with Crippen molar-refractivity contribution in [2.45, 2.75) is 28.3 Å². The number of rotatable bonds is 4. The summed E-state index contributed by atoms with van der Waals surface area (Å²) in [4.78, 5) is 15.5. The van der Waals surface area contributed by atoms with Crippen molar-refractivity contribution in [2.24, 2.45) is 5.73 Å². The largest absolute Gasteiger partial charge is 0.394 e. The molecule has 0 bridgehead atoms. The molecule has 5 N–H and O–H groups in total. The molecule has 134 valence electrons. The molecular weight excluding hydrogens is 383 g/mol. The fourth-order valence-electron chi connectivity index (χ4n) is 2.54. The molecule has 0 amide bonds. The molecule has 1 saturated heterocycles. The number of nitrogens with two attached hydrogens (primary N) is 2. The third-order valence-electron chi connectivity index (χ3n) is 4.17. The van der Waals surface area contributed by atoms with E-state index < -0.39 is 5.54 Å². The summed E-state index contributed by atoms with van der Waals surface area (Å²) in [7, 11) is 0. The summed E-state index contributed by atoms with van der Waals surface area (Å²) < 4.78 is 0. The van der Waals surface area contributed by atoms with E-state index in [1.54, 1.807) is 18.5 Å². The maximum absolute atomic E-state index is 9.35.